The van der Waals surface area contributed by atoms with E-state index in [0.717, 1.165) is 0 Å². The highest BCUT2D eigenvalue weighted by Gasteiger charge is 2.23. The Balaban J connectivity index is 2.68. The number of methoxy groups -OCH3 is 1. The second kappa shape index (κ2) is 10.5. The lowest BCUT2D eigenvalue weighted by molar-refractivity contribution is -0.155. The number of ether oxygens (including phenoxy) is 2. The SMILES string of the molecule is COCCNC(=O)[C@H](C)OC(=O)C[C@@H](NC(N)=O)c1ccccc1Cl. The number of carbonyl (C=O) groups is 3. The Labute approximate surface area is 151 Å². The molecule has 4 N–H and O–H groups in total. The second-order valence-electron chi connectivity index (χ2n) is 5.20. The van der Waals surface area contributed by atoms with Crippen LogP contribution in [0.15, 0.2) is 24.3 Å². The normalized spacial score (nSPS) is 12.8. The summed E-state index contributed by atoms with van der Waals surface area (Å²) in [5, 5.41) is 5.39. The van der Waals surface area contributed by atoms with Crippen LogP contribution < -0.4 is 16.4 Å². The molecule has 138 valence electrons. The van der Waals surface area contributed by atoms with Crippen molar-refractivity contribution in [2.24, 2.45) is 5.73 Å². The molecule has 1 rings (SSSR count). The first kappa shape index (κ1) is 20.7. The molecule has 0 aliphatic rings. The molecular weight excluding hydrogens is 350 g/mol. The molecule has 0 heterocycles. The van der Waals surface area contributed by atoms with E-state index in [0.29, 0.717) is 23.7 Å². The van der Waals surface area contributed by atoms with Crippen LogP contribution in [0.5, 0.6) is 0 Å². The van der Waals surface area contributed by atoms with Gasteiger partial charge in [-0.15, -0.1) is 0 Å². The van der Waals surface area contributed by atoms with Gasteiger partial charge in [-0.3, -0.25) is 9.59 Å². The molecule has 0 saturated heterocycles. The molecule has 1 aromatic rings. The third-order valence-electron chi connectivity index (χ3n) is 3.25. The first-order valence-electron chi connectivity index (χ1n) is 7.61. The number of carbonyl (C=O) groups excluding carboxylic acids is 3. The number of halogens is 1. The number of benzene rings is 1. The van der Waals surface area contributed by atoms with E-state index in [1.807, 2.05) is 0 Å². The van der Waals surface area contributed by atoms with E-state index >= 15 is 0 Å². The van der Waals surface area contributed by atoms with E-state index in [9.17, 15) is 14.4 Å². The Morgan fingerprint density at radius 1 is 1.28 bits per heavy atom. The lowest BCUT2D eigenvalue weighted by Gasteiger charge is -2.20. The fourth-order valence-corrected chi connectivity index (χ4v) is 2.32. The van der Waals surface area contributed by atoms with Crippen molar-refractivity contribution < 1.29 is 23.9 Å². The number of hydrogen-bond acceptors (Lipinski definition) is 5. The fourth-order valence-electron chi connectivity index (χ4n) is 2.05. The van der Waals surface area contributed by atoms with Crippen molar-refractivity contribution in [1.29, 1.82) is 0 Å². The van der Waals surface area contributed by atoms with Crippen LogP contribution in [0.3, 0.4) is 0 Å². The molecule has 0 saturated carbocycles. The van der Waals surface area contributed by atoms with E-state index in [2.05, 4.69) is 10.6 Å². The van der Waals surface area contributed by atoms with Gasteiger partial charge in [0.25, 0.3) is 5.91 Å². The number of nitrogens with one attached hydrogen (secondary N) is 2. The minimum absolute atomic E-state index is 0.220. The molecule has 2 atom stereocenters. The van der Waals surface area contributed by atoms with Crippen LogP contribution in [-0.4, -0.2) is 44.3 Å². The monoisotopic (exact) mass is 371 g/mol. The van der Waals surface area contributed by atoms with Gasteiger partial charge in [0.2, 0.25) is 0 Å². The number of primary amides is 1. The zero-order chi connectivity index (χ0) is 18.8. The van der Waals surface area contributed by atoms with E-state index in [-0.39, 0.29) is 6.42 Å². The van der Waals surface area contributed by atoms with Crippen molar-refractivity contribution in [1.82, 2.24) is 10.6 Å². The minimum atomic E-state index is -0.982. The van der Waals surface area contributed by atoms with Crippen LogP contribution in [0.1, 0.15) is 24.9 Å². The predicted octanol–water partition coefficient (Wildman–Crippen LogP) is 1.13. The van der Waals surface area contributed by atoms with Gasteiger partial charge in [-0.25, -0.2) is 4.79 Å². The highest BCUT2D eigenvalue weighted by molar-refractivity contribution is 6.31. The van der Waals surface area contributed by atoms with Gasteiger partial charge in [0.05, 0.1) is 19.1 Å². The summed E-state index contributed by atoms with van der Waals surface area (Å²) in [7, 11) is 1.51. The topological polar surface area (TPSA) is 120 Å². The molecule has 1 aromatic carbocycles. The predicted molar refractivity (Wildman–Crippen MR) is 92.0 cm³/mol. The van der Waals surface area contributed by atoms with Gasteiger partial charge in [0, 0.05) is 18.7 Å². The third kappa shape index (κ3) is 7.40. The number of rotatable bonds is 9. The van der Waals surface area contributed by atoms with Gasteiger partial charge in [-0.1, -0.05) is 29.8 Å². The summed E-state index contributed by atoms with van der Waals surface area (Å²) in [4.78, 5) is 35.1. The average Bonchev–Trinajstić information content (AvgIpc) is 2.54. The van der Waals surface area contributed by atoms with Crippen molar-refractivity contribution in [3.8, 4) is 0 Å². The maximum atomic E-state index is 12.1. The second-order valence-corrected chi connectivity index (χ2v) is 5.61. The molecule has 8 nitrogen and oxygen atoms in total. The van der Waals surface area contributed by atoms with Gasteiger partial charge in [-0.2, -0.15) is 0 Å². The van der Waals surface area contributed by atoms with Crippen LogP contribution in [0.25, 0.3) is 0 Å². The van der Waals surface area contributed by atoms with Gasteiger partial charge in [-0.05, 0) is 18.6 Å². The van der Waals surface area contributed by atoms with Crippen LogP contribution in [0, 0.1) is 0 Å². The molecule has 0 bridgehead atoms. The van der Waals surface area contributed by atoms with E-state index in [1.54, 1.807) is 24.3 Å². The lowest BCUT2D eigenvalue weighted by Crippen LogP contribution is -2.39. The first-order valence-corrected chi connectivity index (χ1v) is 7.99. The Bertz CT molecular complexity index is 611. The summed E-state index contributed by atoms with van der Waals surface area (Å²) >= 11 is 6.09. The zero-order valence-corrected chi connectivity index (χ0v) is 14.8. The van der Waals surface area contributed by atoms with Crippen molar-refractivity contribution in [3.63, 3.8) is 0 Å². The molecule has 0 aromatic heterocycles. The quantitative estimate of drug-likeness (QED) is 0.444. The summed E-state index contributed by atoms with van der Waals surface area (Å²) in [6.07, 6.45) is -1.20. The largest absolute Gasteiger partial charge is 0.452 e. The van der Waals surface area contributed by atoms with Crippen molar-refractivity contribution >= 4 is 29.5 Å². The van der Waals surface area contributed by atoms with Gasteiger partial charge in [0.1, 0.15) is 0 Å². The molecule has 0 aliphatic heterocycles. The van der Waals surface area contributed by atoms with Crippen molar-refractivity contribution in [3.05, 3.63) is 34.9 Å². The Morgan fingerprint density at radius 2 is 1.96 bits per heavy atom. The maximum absolute atomic E-state index is 12.1. The van der Waals surface area contributed by atoms with Crippen LogP contribution in [0.4, 0.5) is 4.79 Å². The summed E-state index contributed by atoms with van der Waals surface area (Å²) in [6.45, 7) is 2.11. The molecule has 25 heavy (non-hydrogen) atoms. The van der Waals surface area contributed by atoms with Gasteiger partial charge in [0.15, 0.2) is 6.10 Å². The third-order valence-corrected chi connectivity index (χ3v) is 3.59. The maximum Gasteiger partial charge on any atom is 0.312 e. The molecule has 9 heteroatoms. The Hall–Kier alpha value is -2.32. The Morgan fingerprint density at radius 3 is 2.56 bits per heavy atom. The zero-order valence-electron chi connectivity index (χ0n) is 14.1. The number of urea groups is 1. The molecule has 3 amide bonds. The lowest BCUT2D eigenvalue weighted by atomic mass is 10.0. The molecular formula is C16H22ClN3O5. The molecule has 0 fully saturated rings. The first-order chi connectivity index (χ1) is 11.8. The van der Waals surface area contributed by atoms with Crippen LogP contribution >= 0.6 is 11.6 Å². The Kier molecular flexibility index (Phi) is 8.73. The molecule has 0 spiro atoms. The average molecular weight is 372 g/mol. The molecule has 0 radical (unpaired) electrons. The van der Waals surface area contributed by atoms with Crippen molar-refractivity contribution in [2.75, 3.05) is 20.3 Å². The molecule has 0 unspecified atom stereocenters. The summed E-state index contributed by atoms with van der Waals surface area (Å²) in [5.74, 6) is -1.12. The number of amides is 3. The fraction of sp³-hybridized carbons (Fsp3) is 0.438. The van der Waals surface area contributed by atoms with E-state index < -0.39 is 30.1 Å². The van der Waals surface area contributed by atoms with Gasteiger partial charge >= 0.3 is 12.0 Å². The van der Waals surface area contributed by atoms with Crippen LogP contribution in [-0.2, 0) is 19.1 Å². The summed E-state index contributed by atoms with van der Waals surface area (Å²) in [6, 6.07) is 5.16. The number of esters is 1. The van der Waals surface area contributed by atoms with Crippen LogP contribution in [0.2, 0.25) is 5.02 Å². The van der Waals surface area contributed by atoms with E-state index in [4.69, 9.17) is 26.8 Å². The summed E-state index contributed by atoms with van der Waals surface area (Å²) in [5.41, 5.74) is 5.68. The minimum Gasteiger partial charge on any atom is -0.452 e. The number of hydrogen-bond donors (Lipinski definition) is 3. The van der Waals surface area contributed by atoms with Gasteiger partial charge < -0.3 is 25.8 Å². The van der Waals surface area contributed by atoms with Crippen molar-refractivity contribution in [2.45, 2.75) is 25.5 Å². The summed E-state index contributed by atoms with van der Waals surface area (Å²) < 4.78 is 9.91. The number of nitrogens with two attached hydrogens (primary N) is 1. The standard InChI is InChI=1S/C16H22ClN3O5/c1-10(15(22)19-7-8-24-2)25-14(21)9-13(20-16(18)23)11-5-3-4-6-12(11)17/h3-6,10,13H,7-9H2,1-2H3,(H,19,22)(H3,18,20,23)/t10-,13+/m0/s1. The highest BCUT2D eigenvalue weighted by atomic mass is 35.5. The van der Waals surface area contributed by atoms with E-state index in [1.165, 1.54) is 14.0 Å². The smallest absolute Gasteiger partial charge is 0.312 e. The highest BCUT2D eigenvalue weighted by Crippen LogP contribution is 2.25. The molecule has 0 aliphatic carbocycles.